The number of halogens is 1. The first kappa shape index (κ1) is 14.5. The van der Waals surface area contributed by atoms with Crippen LogP contribution in [-0.2, 0) is 0 Å². The number of rotatable bonds is 2. The van der Waals surface area contributed by atoms with Gasteiger partial charge in [0, 0.05) is 4.47 Å². The fourth-order valence-corrected chi connectivity index (χ4v) is 3.45. The summed E-state index contributed by atoms with van der Waals surface area (Å²) in [5, 5.41) is 7.92. The number of nitrogens with zero attached hydrogens (tertiary/aromatic N) is 3. The smallest absolute Gasteiger partial charge is 0.222 e. The van der Waals surface area contributed by atoms with E-state index in [9.17, 15) is 0 Å². The normalized spacial score (nSPS) is 19.9. The van der Waals surface area contributed by atoms with Crippen LogP contribution in [0.2, 0.25) is 0 Å². The summed E-state index contributed by atoms with van der Waals surface area (Å²) in [6.07, 6.45) is 2.57. The molecule has 0 bridgehead atoms. The van der Waals surface area contributed by atoms with E-state index in [4.69, 9.17) is 0 Å². The quantitative estimate of drug-likeness (QED) is 0.724. The van der Waals surface area contributed by atoms with Crippen molar-refractivity contribution in [1.82, 2.24) is 14.8 Å². The van der Waals surface area contributed by atoms with Gasteiger partial charge in [-0.05, 0) is 36.6 Å². The van der Waals surface area contributed by atoms with E-state index in [1.54, 1.807) is 6.33 Å². The monoisotopic (exact) mass is 368 g/mol. The molecule has 116 valence electrons. The average molecular weight is 369 g/mol. The molecule has 0 aliphatic carbocycles. The van der Waals surface area contributed by atoms with Crippen LogP contribution in [-0.4, -0.2) is 14.8 Å². The van der Waals surface area contributed by atoms with Crippen LogP contribution in [0, 0.1) is 6.92 Å². The number of hydrogen-bond donors (Lipinski definition) is 1. The lowest BCUT2D eigenvalue weighted by atomic mass is 9.93. The number of nitrogens with one attached hydrogen (secondary N) is 1. The topological polar surface area (TPSA) is 42.7 Å². The van der Waals surface area contributed by atoms with Crippen molar-refractivity contribution in [2.45, 2.75) is 25.4 Å². The second-order valence-corrected chi connectivity index (χ2v) is 6.86. The molecule has 0 fully saturated rings. The lowest BCUT2D eigenvalue weighted by Crippen LogP contribution is -2.28. The Hall–Kier alpha value is -2.14. The van der Waals surface area contributed by atoms with Gasteiger partial charge in [0.1, 0.15) is 6.33 Å². The lowest BCUT2D eigenvalue weighted by molar-refractivity contribution is 0.430. The first-order valence-electron chi connectivity index (χ1n) is 7.69. The first-order chi connectivity index (χ1) is 11.2. The van der Waals surface area contributed by atoms with E-state index in [0.717, 1.165) is 16.8 Å². The van der Waals surface area contributed by atoms with Crippen LogP contribution in [0.5, 0.6) is 0 Å². The summed E-state index contributed by atoms with van der Waals surface area (Å²) in [7, 11) is 0. The molecule has 2 heterocycles. The maximum atomic E-state index is 4.42. The van der Waals surface area contributed by atoms with Crippen molar-refractivity contribution in [1.29, 1.82) is 0 Å². The predicted octanol–water partition coefficient (Wildman–Crippen LogP) is 4.50. The summed E-state index contributed by atoms with van der Waals surface area (Å²) in [6, 6.07) is 17.5. The Kier molecular flexibility index (Phi) is 3.65. The minimum absolute atomic E-state index is 0.197. The fourth-order valence-electron chi connectivity index (χ4n) is 3.19. The molecule has 0 radical (unpaired) electrons. The van der Waals surface area contributed by atoms with Gasteiger partial charge in [-0.3, -0.25) is 0 Å². The van der Waals surface area contributed by atoms with Gasteiger partial charge in [-0.25, -0.2) is 4.68 Å². The van der Waals surface area contributed by atoms with Crippen molar-refractivity contribution in [3.8, 4) is 0 Å². The number of aryl methyl sites for hydroxylation is 1. The second-order valence-electron chi connectivity index (χ2n) is 5.94. The zero-order chi connectivity index (χ0) is 15.8. The molecule has 0 unspecified atom stereocenters. The van der Waals surface area contributed by atoms with E-state index in [1.165, 1.54) is 16.7 Å². The molecular formula is C18H17BrN4. The maximum absolute atomic E-state index is 4.42. The molecule has 2 atom stereocenters. The van der Waals surface area contributed by atoms with Crippen LogP contribution in [0.3, 0.4) is 0 Å². The predicted molar refractivity (Wildman–Crippen MR) is 94.5 cm³/mol. The third kappa shape index (κ3) is 2.77. The van der Waals surface area contributed by atoms with E-state index in [1.807, 2.05) is 4.68 Å². The summed E-state index contributed by atoms with van der Waals surface area (Å²) in [4.78, 5) is 4.38. The molecule has 0 saturated heterocycles. The van der Waals surface area contributed by atoms with Crippen molar-refractivity contribution in [3.63, 3.8) is 0 Å². The van der Waals surface area contributed by atoms with Gasteiger partial charge >= 0.3 is 0 Å². The molecule has 23 heavy (non-hydrogen) atoms. The van der Waals surface area contributed by atoms with Gasteiger partial charge in [0.2, 0.25) is 5.95 Å². The molecule has 1 aromatic heterocycles. The van der Waals surface area contributed by atoms with Gasteiger partial charge in [0.25, 0.3) is 0 Å². The Morgan fingerprint density at radius 2 is 1.96 bits per heavy atom. The Bertz CT molecular complexity index is 825. The summed E-state index contributed by atoms with van der Waals surface area (Å²) >= 11 is 3.50. The summed E-state index contributed by atoms with van der Waals surface area (Å²) in [6.45, 7) is 2.12. The van der Waals surface area contributed by atoms with E-state index in [-0.39, 0.29) is 12.1 Å². The number of benzene rings is 2. The highest BCUT2D eigenvalue weighted by Gasteiger charge is 2.29. The van der Waals surface area contributed by atoms with E-state index < -0.39 is 0 Å². The molecule has 5 heteroatoms. The van der Waals surface area contributed by atoms with E-state index in [2.05, 4.69) is 86.8 Å². The molecular weight excluding hydrogens is 352 g/mol. The van der Waals surface area contributed by atoms with Crippen molar-refractivity contribution < 1.29 is 0 Å². The molecule has 1 aliphatic heterocycles. The van der Waals surface area contributed by atoms with Crippen molar-refractivity contribution in [2.24, 2.45) is 0 Å². The van der Waals surface area contributed by atoms with Crippen LogP contribution in [0.4, 0.5) is 5.95 Å². The number of aromatic nitrogens is 3. The standard InChI is InChI=1S/C18H17BrN4/c1-12-3-2-4-14(9-12)17-10-16(13-5-7-15(19)8-6-13)22-18-20-11-21-23(17)18/h2-9,11,16-17H,10H2,1H3,(H,20,21,22)/t16-,17+/m1/s1. The SMILES string of the molecule is Cc1cccc([C@@H]2C[C@H](c3ccc(Br)cc3)Nc3ncnn32)c1. The Balaban J connectivity index is 1.73. The van der Waals surface area contributed by atoms with Gasteiger partial charge in [-0.2, -0.15) is 10.1 Å². The van der Waals surface area contributed by atoms with Crippen LogP contribution in [0.15, 0.2) is 59.3 Å². The summed E-state index contributed by atoms with van der Waals surface area (Å²) in [5.74, 6) is 0.829. The number of hydrogen-bond acceptors (Lipinski definition) is 3. The molecule has 2 aromatic carbocycles. The van der Waals surface area contributed by atoms with Crippen LogP contribution < -0.4 is 5.32 Å². The van der Waals surface area contributed by atoms with Crippen molar-refractivity contribution in [2.75, 3.05) is 5.32 Å². The zero-order valence-electron chi connectivity index (χ0n) is 12.8. The molecule has 0 amide bonds. The molecule has 4 rings (SSSR count). The minimum atomic E-state index is 0.197. The molecule has 3 aromatic rings. The minimum Gasteiger partial charge on any atom is -0.348 e. The number of fused-ring (bicyclic) bond motifs is 1. The molecule has 0 saturated carbocycles. The summed E-state index contributed by atoms with van der Waals surface area (Å²) in [5.41, 5.74) is 3.81. The highest BCUT2D eigenvalue weighted by molar-refractivity contribution is 9.10. The fraction of sp³-hybridized carbons (Fsp3) is 0.222. The highest BCUT2D eigenvalue weighted by atomic mass is 79.9. The largest absolute Gasteiger partial charge is 0.348 e. The third-order valence-electron chi connectivity index (χ3n) is 4.33. The number of anilines is 1. The van der Waals surface area contributed by atoms with Crippen LogP contribution in [0.1, 0.15) is 35.2 Å². The van der Waals surface area contributed by atoms with Gasteiger partial charge in [0.05, 0.1) is 12.1 Å². The van der Waals surface area contributed by atoms with Gasteiger partial charge < -0.3 is 5.32 Å². The van der Waals surface area contributed by atoms with Crippen LogP contribution in [0.25, 0.3) is 0 Å². The Morgan fingerprint density at radius 3 is 2.74 bits per heavy atom. The molecule has 0 spiro atoms. The van der Waals surface area contributed by atoms with Gasteiger partial charge in [-0.1, -0.05) is 57.9 Å². The highest BCUT2D eigenvalue weighted by Crippen LogP contribution is 2.37. The average Bonchev–Trinajstić information content (AvgIpc) is 3.03. The van der Waals surface area contributed by atoms with Gasteiger partial charge in [-0.15, -0.1) is 0 Å². The zero-order valence-corrected chi connectivity index (χ0v) is 14.4. The Labute approximate surface area is 143 Å². The lowest BCUT2D eigenvalue weighted by Gasteiger charge is -2.32. The van der Waals surface area contributed by atoms with Crippen molar-refractivity contribution >= 4 is 21.9 Å². The first-order valence-corrected chi connectivity index (χ1v) is 8.48. The Morgan fingerprint density at radius 1 is 1.13 bits per heavy atom. The van der Waals surface area contributed by atoms with E-state index >= 15 is 0 Å². The van der Waals surface area contributed by atoms with Gasteiger partial charge in [0.15, 0.2) is 0 Å². The maximum Gasteiger partial charge on any atom is 0.222 e. The van der Waals surface area contributed by atoms with Crippen LogP contribution >= 0.6 is 15.9 Å². The second kappa shape index (κ2) is 5.81. The molecule has 1 aliphatic rings. The van der Waals surface area contributed by atoms with Crippen molar-refractivity contribution in [3.05, 3.63) is 76.0 Å². The molecule has 4 nitrogen and oxygen atoms in total. The summed E-state index contributed by atoms with van der Waals surface area (Å²) < 4.78 is 3.08. The third-order valence-corrected chi connectivity index (χ3v) is 4.86. The molecule has 1 N–H and O–H groups in total. The van der Waals surface area contributed by atoms with E-state index in [0.29, 0.717) is 0 Å².